The van der Waals surface area contributed by atoms with Gasteiger partial charge in [-0.15, -0.1) is 11.3 Å². The van der Waals surface area contributed by atoms with Gasteiger partial charge in [-0.3, -0.25) is 29.9 Å². The molecule has 1 aliphatic carbocycles. The van der Waals surface area contributed by atoms with Gasteiger partial charge in [0.2, 0.25) is 0 Å². The maximum absolute atomic E-state index is 12.8. The van der Waals surface area contributed by atoms with Crippen LogP contribution in [0.4, 0.5) is 17.1 Å². The zero-order valence-corrected chi connectivity index (χ0v) is 18.6. The van der Waals surface area contributed by atoms with E-state index in [1.54, 1.807) is 11.3 Å². The first-order valence-corrected chi connectivity index (χ1v) is 11.7. The van der Waals surface area contributed by atoms with Crippen LogP contribution in [0.2, 0.25) is 0 Å². The maximum Gasteiger partial charge on any atom is 0.299 e. The number of non-ortho nitro benzene ring substituents is 1. The Morgan fingerprint density at radius 2 is 1.82 bits per heavy atom. The fourth-order valence-electron chi connectivity index (χ4n) is 4.68. The minimum absolute atomic E-state index is 0.0745. The summed E-state index contributed by atoms with van der Waals surface area (Å²) < 4.78 is 0. The lowest BCUT2D eigenvalue weighted by molar-refractivity contribution is -0.393. The molecule has 3 aromatic rings. The number of nitro groups is 2. The van der Waals surface area contributed by atoms with Gasteiger partial charge in [0.05, 0.1) is 27.8 Å². The summed E-state index contributed by atoms with van der Waals surface area (Å²) in [5.74, 6) is 0.626. The third-order valence-electron chi connectivity index (χ3n) is 6.33. The lowest BCUT2D eigenvalue weighted by Crippen LogP contribution is -2.46. The fraction of sp³-hybridized carbons (Fsp3) is 0.429. The first kappa shape index (κ1) is 21.5. The molecule has 1 aliphatic heterocycles. The van der Waals surface area contributed by atoms with Crippen molar-refractivity contribution in [3.8, 4) is 0 Å². The maximum atomic E-state index is 12.8. The number of nitro benzene ring substituents is 2. The number of hydrogen-bond donors (Lipinski definition) is 1. The zero-order chi connectivity index (χ0) is 23.1. The summed E-state index contributed by atoms with van der Waals surface area (Å²) in [6.45, 7) is 2.79. The van der Waals surface area contributed by atoms with Crippen molar-refractivity contribution in [3.63, 3.8) is 0 Å². The lowest BCUT2D eigenvalue weighted by Gasteiger charge is -2.35. The SMILES string of the molecule is O=c1[nH]c(CN2CCN(c3ccc([N+](=O)[O-])cc3[N+](=O)[O-])CC2)nc2sc3c(c12)CCCC3. The molecule has 33 heavy (non-hydrogen) atoms. The molecule has 0 bridgehead atoms. The summed E-state index contributed by atoms with van der Waals surface area (Å²) >= 11 is 1.63. The van der Waals surface area contributed by atoms with E-state index in [4.69, 9.17) is 4.98 Å². The molecule has 1 N–H and O–H groups in total. The molecule has 1 fully saturated rings. The minimum atomic E-state index is -0.636. The van der Waals surface area contributed by atoms with Crippen LogP contribution >= 0.6 is 11.3 Å². The second kappa shape index (κ2) is 8.52. The Morgan fingerprint density at radius 1 is 1.06 bits per heavy atom. The van der Waals surface area contributed by atoms with Crippen LogP contribution in [0, 0.1) is 20.2 Å². The largest absolute Gasteiger partial charge is 0.363 e. The van der Waals surface area contributed by atoms with Gasteiger partial charge in [-0.25, -0.2) is 4.98 Å². The molecule has 172 valence electrons. The monoisotopic (exact) mass is 470 g/mol. The van der Waals surface area contributed by atoms with E-state index in [0.717, 1.165) is 42.0 Å². The molecular formula is C21H22N6O5S. The molecule has 0 amide bonds. The number of anilines is 1. The summed E-state index contributed by atoms with van der Waals surface area (Å²) in [6.07, 6.45) is 4.22. The molecule has 0 atom stereocenters. The number of rotatable bonds is 5. The number of benzene rings is 1. The highest BCUT2D eigenvalue weighted by Crippen LogP contribution is 2.34. The third kappa shape index (κ3) is 4.07. The third-order valence-corrected chi connectivity index (χ3v) is 7.51. The van der Waals surface area contributed by atoms with Gasteiger partial charge in [-0.2, -0.15) is 0 Å². The average Bonchev–Trinajstić information content (AvgIpc) is 3.18. The molecule has 1 saturated heterocycles. The van der Waals surface area contributed by atoms with Crippen molar-refractivity contribution < 1.29 is 9.85 Å². The number of thiophene rings is 1. The van der Waals surface area contributed by atoms with E-state index in [1.807, 2.05) is 4.90 Å². The van der Waals surface area contributed by atoms with Gasteiger partial charge in [0.25, 0.3) is 16.9 Å². The predicted molar refractivity (Wildman–Crippen MR) is 124 cm³/mol. The van der Waals surface area contributed by atoms with Crippen LogP contribution in [0.25, 0.3) is 10.2 Å². The number of aromatic amines is 1. The van der Waals surface area contributed by atoms with Crippen molar-refractivity contribution in [2.45, 2.75) is 32.2 Å². The van der Waals surface area contributed by atoms with Crippen molar-refractivity contribution >= 4 is 38.6 Å². The van der Waals surface area contributed by atoms with E-state index >= 15 is 0 Å². The standard InChI is InChI=1S/C21H22N6O5S/c28-20-19-14-3-1-2-4-17(14)33-21(19)23-18(22-20)12-24-7-9-25(10-8-24)15-6-5-13(26(29)30)11-16(15)27(31)32/h5-6,11H,1-4,7-10,12H2,(H,22,23,28). The van der Waals surface area contributed by atoms with Gasteiger partial charge in [0, 0.05) is 37.1 Å². The summed E-state index contributed by atoms with van der Waals surface area (Å²) in [4.78, 5) is 47.8. The Balaban J connectivity index is 1.30. The van der Waals surface area contributed by atoms with E-state index in [0.29, 0.717) is 44.2 Å². The van der Waals surface area contributed by atoms with Crippen LogP contribution in [0.1, 0.15) is 29.1 Å². The molecule has 3 heterocycles. The van der Waals surface area contributed by atoms with Gasteiger partial charge in [-0.05, 0) is 37.3 Å². The Labute approximate surface area is 192 Å². The van der Waals surface area contributed by atoms with Crippen molar-refractivity contribution in [3.05, 3.63) is 65.0 Å². The second-order valence-corrected chi connectivity index (χ2v) is 9.44. The average molecular weight is 471 g/mol. The Bertz CT molecular complexity index is 1310. The highest BCUT2D eigenvalue weighted by Gasteiger charge is 2.27. The fourth-order valence-corrected chi connectivity index (χ4v) is 5.96. The Kier molecular flexibility index (Phi) is 5.54. The Morgan fingerprint density at radius 3 is 2.55 bits per heavy atom. The molecule has 0 spiro atoms. The van der Waals surface area contributed by atoms with Crippen molar-refractivity contribution in [1.29, 1.82) is 0 Å². The number of aromatic nitrogens is 2. The molecule has 0 saturated carbocycles. The van der Waals surface area contributed by atoms with Crippen LogP contribution in [0.15, 0.2) is 23.0 Å². The van der Waals surface area contributed by atoms with Crippen molar-refractivity contribution in [2.24, 2.45) is 0 Å². The van der Waals surface area contributed by atoms with Crippen LogP contribution in [0.3, 0.4) is 0 Å². The van der Waals surface area contributed by atoms with Crippen LogP contribution in [0.5, 0.6) is 0 Å². The number of fused-ring (bicyclic) bond motifs is 3. The molecular weight excluding hydrogens is 448 g/mol. The van der Waals surface area contributed by atoms with E-state index in [-0.39, 0.29) is 16.9 Å². The number of nitrogens with one attached hydrogen (secondary N) is 1. The van der Waals surface area contributed by atoms with Gasteiger partial charge in [0.1, 0.15) is 16.3 Å². The number of hydrogen-bond acceptors (Lipinski definition) is 9. The topological polar surface area (TPSA) is 139 Å². The number of aryl methyl sites for hydroxylation is 2. The second-order valence-electron chi connectivity index (χ2n) is 8.35. The van der Waals surface area contributed by atoms with E-state index in [9.17, 15) is 25.0 Å². The molecule has 0 radical (unpaired) electrons. The van der Waals surface area contributed by atoms with Gasteiger partial charge in [-0.1, -0.05) is 0 Å². The molecule has 12 heteroatoms. The first-order valence-electron chi connectivity index (χ1n) is 10.8. The number of piperazine rings is 1. The smallest absolute Gasteiger partial charge is 0.299 e. The quantitative estimate of drug-likeness (QED) is 0.443. The molecule has 2 aromatic heterocycles. The van der Waals surface area contributed by atoms with E-state index in [2.05, 4.69) is 9.88 Å². The normalized spacial score (nSPS) is 16.7. The van der Waals surface area contributed by atoms with Crippen molar-refractivity contribution in [2.75, 3.05) is 31.1 Å². The van der Waals surface area contributed by atoms with Crippen molar-refractivity contribution in [1.82, 2.24) is 14.9 Å². The van der Waals surface area contributed by atoms with Gasteiger partial charge < -0.3 is 9.88 Å². The highest BCUT2D eigenvalue weighted by molar-refractivity contribution is 7.18. The van der Waals surface area contributed by atoms with Crippen LogP contribution in [-0.2, 0) is 19.4 Å². The first-order chi connectivity index (χ1) is 15.9. The summed E-state index contributed by atoms with van der Waals surface area (Å²) in [5, 5.41) is 23.2. The lowest BCUT2D eigenvalue weighted by atomic mass is 9.97. The zero-order valence-electron chi connectivity index (χ0n) is 17.8. The minimum Gasteiger partial charge on any atom is -0.363 e. The number of nitrogens with zero attached hydrogens (tertiary/aromatic N) is 5. The molecule has 0 unspecified atom stereocenters. The van der Waals surface area contributed by atoms with Gasteiger partial charge >= 0.3 is 0 Å². The van der Waals surface area contributed by atoms with E-state index < -0.39 is 9.85 Å². The summed E-state index contributed by atoms with van der Waals surface area (Å²) in [6, 6.07) is 3.74. The molecule has 1 aromatic carbocycles. The van der Waals surface area contributed by atoms with Gasteiger partial charge in [0.15, 0.2) is 0 Å². The summed E-state index contributed by atoms with van der Waals surface area (Å²) in [5.41, 5.74) is 0.900. The number of H-pyrrole nitrogens is 1. The summed E-state index contributed by atoms with van der Waals surface area (Å²) in [7, 11) is 0. The molecule has 5 rings (SSSR count). The van der Waals surface area contributed by atoms with Crippen LogP contribution in [-0.4, -0.2) is 50.9 Å². The molecule has 2 aliphatic rings. The van der Waals surface area contributed by atoms with E-state index in [1.165, 1.54) is 22.6 Å². The Hall–Kier alpha value is -3.38. The van der Waals surface area contributed by atoms with Crippen LogP contribution < -0.4 is 10.5 Å². The highest BCUT2D eigenvalue weighted by atomic mass is 32.1. The predicted octanol–water partition coefficient (Wildman–Crippen LogP) is 3.00. The molecule has 11 nitrogen and oxygen atoms in total.